The number of carbonyl (C=O) groups excluding carboxylic acids is 2. The van der Waals surface area contributed by atoms with E-state index in [9.17, 15) is 9.59 Å². The molecule has 1 saturated carbocycles. The Morgan fingerprint density at radius 2 is 2.07 bits per heavy atom. The topological polar surface area (TPSA) is 113 Å². The van der Waals surface area contributed by atoms with Crippen molar-refractivity contribution in [2.45, 2.75) is 31.8 Å². The number of hydrogen-bond donors (Lipinski definition) is 3. The van der Waals surface area contributed by atoms with Crippen molar-refractivity contribution in [2.75, 3.05) is 10.6 Å². The first-order valence-corrected chi connectivity index (χ1v) is 9.99. The highest BCUT2D eigenvalue weighted by Crippen LogP contribution is 2.26. The third-order valence-corrected chi connectivity index (χ3v) is 5.29. The molecule has 30 heavy (non-hydrogen) atoms. The van der Waals surface area contributed by atoms with E-state index in [4.69, 9.17) is 11.6 Å². The van der Waals surface area contributed by atoms with E-state index in [1.807, 2.05) is 24.3 Å². The average molecular weight is 424 g/mol. The molecule has 2 amide bonds. The zero-order chi connectivity index (χ0) is 20.7. The molecule has 0 atom stereocenters. The van der Waals surface area contributed by atoms with Crippen LogP contribution in [0.3, 0.4) is 0 Å². The van der Waals surface area contributed by atoms with Crippen molar-refractivity contribution in [1.82, 2.24) is 24.9 Å². The molecular formula is C20H18ClN7O2. The van der Waals surface area contributed by atoms with Gasteiger partial charge in [0.1, 0.15) is 0 Å². The van der Waals surface area contributed by atoms with Gasteiger partial charge in [-0.2, -0.15) is 19.6 Å². The van der Waals surface area contributed by atoms with Crippen LogP contribution in [-0.4, -0.2) is 37.4 Å². The van der Waals surface area contributed by atoms with Gasteiger partial charge in [-0.05, 0) is 30.5 Å². The lowest BCUT2D eigenvalue weighted by atomic mass is 10.1. The van der Waals surface area contributed by atoms with Crippen LogP contribution in [-0.2, 0) is 16.1 Å². The van der Waals surface area contributed by atoms with Gasteiger partial charge in [-0.15, -0.1) is 0 Å². The summed E-state index contributed by atoms with van der Waals surface area (Å²) in [6.07, 6.45) is 5.46. The minimum absolute atomic E-state index is 0.0477. The van der Waals surface area contributed by atoms with Crippen LogP contribution in [0, 0.1) is 0 Å². The second-order valence-corrected chi connectivity index (χ2v) is 7.70. The first-order chi connectivity index (χ1) is 14.6. The van der Waals surface area contributed by atoms with Crippen LogP contribution in [0.2, 0.25) is 5.02 Å². The quantitative estimate of drug-likeness (QED) is 0.412. The van der Waals surface area contributed by atoms with Crippen LogP contribution in [0.25, 0.3) is 11.7 Å². The van der Waals surface area contributed by atoms with E-state index < -0.39 is 0 Å². The molecule has 1 aliphatic heterocycles. The van der Waals surface area contributed by atoms with Gasteiger partial charge >= 0.3 is 0 Å². The van der Waals surface area contributed by atoms with Crippen LogP contribution in [0.5, 0.6) is 0 Å². The molecular weight excluding hydrogens is 406 g/mol. The Bertz CT molecular complexity index is 1200. The molecule has 3 N–H and O–H groups in total. The summed E-state index contributed by atoms with van der Waals surface area (Å²) in [4.78, 5) is 32.6. The summed E-state index contributed by atoms with van der Waals surface area (Å²) in [6.45, 7) is 0.459. The molecule has 5 rings (SSSR count). The van der Waals surface area contributed by atoms with Crippen LogP contribution in [0.15, 0.2) is 36.0 Å². The van der Waals surface area contributed by atoms with Crippen LogP contribution < -0.4 is 16.0 Å². The third kappa shape index (κ3) is 3.71. The van der Waals surface area contributed by atoms with Gasteiger partial charge in [0.15, 0.2) is 5.65 Å². The van der Waals surface area contributed by atoms with Crippen molar-refractivity contribution in [1.29, 1.82) is 0 Å². The number of amides is 2. The lowest BCUT2D eigenvalue weighted by Gasteiger charge is -2.11. The van der Waals surface area contributed by atoms with E-state index in [0.29, 0.717) is 46.3 Å². The largest absolute Gasteiger partial charge is 0.351 e. The molecule has 2 aromatic heterocycles. The van der Waals surface area contributed by atoms with Crippen LogP contribution in [0.1, 0.15) is 30.4 Å². The molecule has 1 saturated heterocycles. The van der Waals surface area contributed by atoms with E-state index in [2.05, 4.69) is 31.0 Å². The summed E-state index contributed by atoms with van der Waals surface area (Å²) in [5.41, 5.74) is 2.48. The van der Waals surface area contributed by atoms with Crippen molar-refractivity contribution in [3.8, 4) is 0 Å². The highest BCUT2D eigenvalue weighted by atomic mass is 35.5. The van der Waals surface area contributed by atoms with Crippen molar-refractivity contribution < 1.29 is 9.59 Å². The highest BCUT2D eigenvalue weighted by molar-refractivity contribution is 6.31. The molecule has 3 heterocycles. The molecule has 9 nitrogen and oxygen atoms in total. The molecule has 2 fully saturated rings. The molecule has 0 spiro atoms. The van der Waals surface area contributed by atoms with Gasteiger partial charge in [-0.25, -0.2) is 0 Å². The number of nitrogens with zero attached hydrogens (tertiary/aromatic N) is 4. The number of rotatable bonds is 6. The Balaban J connectivity index is 1.51. The molecule has 152 valence electrons. The predicted molar refractivity (Wildman–Crippen MR) is 112 cm³/mol. The van der Waals surface area contributed by atoms with E-state index in [1.165, 1.54) is 0 Å². The summed E-state index contributed by atoms with van der Waals surface area (Å²) in [6, 6.07) is 7.92. The fourth-order valence-electron chi connectivity index (χ4n) is 3.20. The number of aromatic nitrogens is 4. The van der Waals surface area contributed by atoms with Crippen molar-refractivity contribution >= 4 is 47.0 Å². The molecule has 1 aromatic carbocycles. The summed E-state index contributed by atoms with van der Waals surface area (Å²) < 4.78 is 1.61. The first kappa shape index (κ1) is 18.6. The van der Waals surface area contributed by atoms with Gasteiger partial charge in [0.05, 0.1) is 12.6 Å². The molecule has 3 aromatic rings. The van der Waals surface area contributed by atoms with Gasteiger partial charge in [0.2, 0.25) is 17.8 Å². The highest BCUT2D eigenvalue weighted by Gasteiger charge is 2.26. The molecule has 1 aliphatic carbocycles. The van der Waals surface area contributed by atoms with Gasteiger partial charge in [-0.1, -0.05) is 29.8 Å². The predicted octanol–water partition coefficient (Wildman–Crippen LogP) is 2.39. The summed E-state index contributed by atoms with van der Waals surface area (Å²) >= 11 is 6.24. The molecule has 10 heteroatoms. The van der Waals surface area contributed by atoms with Gasteiger partial charge < -0.3 is 10.6 Å². The molecule has 0 radical (unpaired) electrons. The van der Waals surface area contributed by atoms with Crippen molar-refractivity contribution in [2.24, 2.45) is 0 Å². The fourth-order valence-corrected chi connectivity index (χ4v) is 3.41. The fraction of sp³-hybridized carbons (Fsp3) is 0.250. The Morgan fingerprint density at radius 3 is 2.80 bits per heavy atom. The van der Waals surface area contributed by atoms with Crippen molar-refractivity contribution in [3.63, 3.8) is 0 Å². The lowest BCUT2D eigenvalue weighted by molar-refractivity contribution is -0.124. The van der Waals surface area contributed by atoms with E-state index in [0.717, 1.165) is 18.4 Å². The lowest BCUT2D eigenvalue weighted by Crippen LogP contribution is -2.19. The Labute approximate surface area is 176 Å². The maximum absolute atomic E-state index is 11.9. The van der Waals surface area contributed by atoms with Crippen LogP contribution in [0.4, 0.5) is 11.9 Å². The SMILES string of the molecule is O=C1C/C(=C\c2cnn3c(NC4CC4)nc(NCc4ccccc4Cl)nc23)C(=O)N1. The third-order valence-electron chi connectivity index (χ3n) is 4.93. The Hall–Kier alpha value is -3.46. The molecule has 2 aliphatic rings. The number of halogens is 1. The minimum atomic E-state index is -0.387. The van der Waals surface area contributed by atoms with E-state index in [-0.39, 0.29) is 18.2 Å². The molecule has 0 unspecified atom stereocenters. The summed E-state index contributed by atoms with van der Waals surface area (Å²) in [7, 11) is 0. The number of imide groups is 1. The zero-order valence-electron chi connectivity index (χ0n) is 15.9. The normalized spacial score (nSPS) is 17.6. The maximum atomic E-state index is 11.9. The van der Waals surface area contributed by atoms with Gasteiger partial charge in [-0.3, -0.25) is 14.9 Å². The average Bonchev–Trinajstić information content (AvgIpc) is 3.36. The van der Waals surface area contributed by atoms with E-state index in [1.54, 1.807) is 16.8 Å². The minimum Gasteiger partial charge on any atom is -0.351 e. The number of fused-ring (bicyclic) bond motifs is 1. The zero-order valence-corrected chi connectivity index (χ0v) is 16.6. The maximum Gasteiger partial charge on any atom is 0.254 e. The Morgan fingerprint density at radius 1 is 1.23 bits per heavy atom. The summed E-state index contributed by atoms with van der Waals surface area (Å²) in [5, 5.41) is 13.9. The van der Waals surface area contributed by atoms with Gasteiger partial charge in [0.25, 0.3) is 5.91 Å². The Kier molecular flexibility index (Phi) is 4.59. The first-order valence-electron chi connectivity index (χ1n) is 9.61. The van der Waals surface area contributed by atoms with E-state index >= 15 is 0 Å². The van der Waals surface area contributed by atoms with Crippen LogP contribution >= 0.6 is 11.6 Å². The number of anilines is 2. The standard InChI is InChI=1S/C20H18ClN7O2/c21-15-4-2-1-3-11(15)9-22-19-26-17-13(7-12-8-16(29)25-18(12)30)10-23-28(17)20(27-19)24-14-5-6-14/h1-4,7,10,14H,5-6,8-9H2,(H,25,29,30)(H2,22,24,26,27)/b12-7+. The number of carbonyl (C=O) groups is 2. The van der Waals surface area contributed by atoms with Gasteiger partial charge in [0, 0.05) is 28.7 Å². The van der Waals surface area contributed by atoms with Crippen molar-refractivity contribution in [3.05, 3.63) is 52.2 Å². The second-order valence-electron chi connectivity index (χ2n) is 7.29. The molecule has 0 bridgehead atoms. The smallest absolute Gasteiger partial charge is 0.254 e. The number of benzene rings is 1. The number of nitrogens with one attached hydrogen (secondary N) is 3. The summed E-state index contributed by atoms with van der Waals surface area (Å²) in [5.74, 6) is 0.288. The monoisotopic (exact) mass is 423 g/mol. The second kappa shape index (κ2) is 7.42. The number of hydrogen-bond acceptors (Lipinski definition) is 7.